The van der Waals surface area contributed by atoms with Crippen LogP contribution in [0.2, 0.25) is 0 Å². The van der Waals surface area contributed by atoms with Crippen molar-refractivity contribution in [3.05, 3.63) is 12.3 Å². The highest BCUT2D eigenvalue weighted by atomic mass is 16.5. The molecule has 1 atom stereocenters. The van der Waals surface area contributed by atoms with Gasteiger partial charge >= 0.3 is 0 Å². The average molecular weight is 211 g/mol. The normalized spacial score (nSPS) is 20.7. The Balaban J connectivity index is 1.83. The minimum atomic E-state index is 0.413. The topological polar surface area (TPSA) is 48.3 Å². The molecule has 1 aliphatic rings. The Hall–Kier alpha value is -1.07. The molecule has 0 bridgehead atoms. The fraction of sp³-hybridized carbons (Fsp3) is 0.700. The van der Waals surface area contributed by atoms with Gasteiger partial charge in [-0.25, -0.2) is 0 Å². The number of aromatic nitrogens is 2. The minimum Gasteiger partial charge on any atom is -0.383 e. The van der Waals surface area contributed by atoms with Gasteiger partial charge in [-0.1, -0.05) is 0 Å². The summed E-state index contributed by atoms with van der Waals surface area (Å²) < 4.78 is 12.1. The molecular weight excluding hydrogens is 194 g/mol. The lowest BCUT2D eigenvalue weighted by Crippen LogP contribution is -2.19. The summed E-state index contributed by atoms with van der Waals surface area (Å²) >= 11 is 0. The lowest BCUT2D eigenvalue weighted by atomic mass is 10.3. The Kier molecular flexibility index (Phi) is 3.58. The van der Waals surface area contributed by atoms with E-state index in [0.29, 0.717) is 12.6 Å². The Bertz CT molecular complexity index is 295. The molecule has 1 N–H and O–H groups in total. The Morgan fingerprint density at radius 3 is 3.40 bits per heavy atom. The van der Waals surface area contributed by atoms with Crippen molar-refractivity contribution in [3.63, 3.8) is 0 Å². The van der Waals surface area contributed by atoms with Crippen LogP contribution >= 0.6 is 0 Å². The van der Waals surface area contributed by atoms with Gasteiger partial charge < -0.3 is 14.8 Å². The molecule has 15 heavy (non-hydrogen) atoms. The number of rotatable bonds is 5. The molecule has 1 fully saturated rings. The van der Waals surface area contributed by atoms with E-state index in [-0.39, 0.29) is 0 Å². The molecule has 0 spiro atoms. The standard InChI is InChI=1S/C10H17N3O2/c1-14-7-5-13-4-2-10(12-13)11-9-3-6-15-8-9/h2,4,9H,3,5-8H2,1H3,(H,11,12). The number of nitrogens with zero attached hydrogens (tertiary/aromatic N) is 2. The van der Waals surface area contributed by atoms with Gasteiger partial charge in [0.25, 0.3) is 0 Å². The highest BCUT2D eigenvalue weighted by molar-refractivity contribution is 5.33. The highest BCUT2D eigenvalue weighted by Crippen LogP contribution is 2.11. The Morgan fingerprint density at radius 2 is 2.67 bits per heavy atom. The second kappa shape index (κ2) is 5.14. The van der Waals surface area contributed by atoms with Crippen molar-refractivity contribution in [1.29, 1.82) is 0 Å². The van der Waals surface area contributed by atoms with E-state index in [9.17, 15) is 0 Å². The van der Waals surface area contributed by atoms with Crippen LogP contribution in [0.15, 0.2) is 12.3 Å². The van der Waals surface area contributed by atoms with Crippen molar-refractivity contribution < 1.29 is 9.47 Å². The molecule has 0 radical (unpaired) electrons. The first kappa shape index (κ1) is 10.4. The molecule has 0 aromatic carbocycles. The Morgan fingerprint density at radius 1 is 1.73 bits per heavy atom. The number of nitrogens with one attached hydrogen (secondary N) is 1. The van der Waals surface area contributed by atoms with Crippen LogP contribution in [0, 0.1) is 0 Å². The molecule has 84 valence electrons. The largest absolute Gasteiger partial charge is 0.383 e. The summed E-state index contributed by atoms with van der Waals surface area (Å²) in [5.74, 6) is 0.918. The van der Waals surface area contributed by atoms with Gasteiger partial charge in [0.1, 0.15) is 5.82 Å². The summed E-state index contributed by atoms with van der Waals surface area (Å²) in [6, 6.07) is 2.39. The average Bonchev–Trinajstić information content (AvgIpc) is 2.87. The number of anilines is 1. The predicted octanol–water partition coefficient (Wildman–Crippen LogP) is 0.730. The molecule has 5 heteroatoms. The molecule has 2 rings (SSSR count). The summed E-state index contributed by atoms with van der Waals surface area (Å²) in [5, 5.41) is 7.72. The van der Waals surface area contributed by atoms with E-state index in [1.54, 1.807) is 7.11 Å². The van der Waals surface area contributed by atoms with Crippen molar-refractivity contribution in [2.45, 2.75) is 19.0 Å². The Labute approximate surface area is 89.4 Å². The molecule has 1 unspecified atom stereocenters. The van der Waals surface area contributed by atoms with Crippen molar-refractivity contribution >= 4 is 5.82 Å². The lowest BCUT2D eigenvalue weighted by Gasteiger charge is -2.08. The highest BCUT2D eigenvalue weighted by Gasteiger charge is 2.15. The third-order valence-electron chi connectivity index (χ3n) is 2.45. The van der Waals surface area contributed by atoms with Crippen molar-refractivity contribution in [2.24, 2.45) is 0 Å². The first-order valence-electron chi connectivity index (χ1n) is 5.25. The van der Waals surface area contributed by atoms with Crippen LogP contribution < -0.4 is 5.32 Å². The summed E-state index contributed by atoms with van der Waals surface area (Å²) in [7, 11) is 1.69. The molecule has 5 nitrogen and oxygen atoms in total. The minimum absolute atomic E-state index is 0.413. The SMILES string of the molecule is COCCn1ccc(NC2CCOC2)n1. The number of methoxy groups -OCH3 is 1. The monoisotopic (exact) mass is 211 g/mol. The van der Waals surface area contributed by atoms with Gasteiger partial charge in [0.2, 0.25) is 0 Å². The number of hydrogen-bond donors (Lipinski definition) is 1. The van der Waals surface area contributed by atoms with Gasteiger partial charge in [0.15, 0.2) is 0 Å². The van der Waals surface area contributed by atoms with Gasteiger partial charge in [0, 0.05) is 26.0 Å². The first-order valence-corrected chi connectivity index (χ1v) is 5.25. The van der Waals surface area contributed by atoms with Crippen LogP contribution in [0.4, 0.5) is 5.82 Å². The van der Waals surface area contributed by atoms with E-state index >= 15 is 0 Å². The first-order chi connectivity index (χ1) is 7.38. The molecule has 2 heterocycles. The second-order valence-corrected chi connectivity index (χ2v) is 3.66. The van der Waals surface area contributed by atoms with Gasteiger partial charge in [-0.05, 0) is 6.42 Å². The lowest BCUT2D eigenvalue weighted by molar-refractivity contribution is 0.183. The van der Waals surface area contributed by atoms with E-state index in [1.807, 2.05) is 16.9 Å². The van der Waals surface area contributed by atoms with Gasteiger partial charge in [-0.3, -0.25) is 4.68 Å². The quantitative estimate of drug-likeness (QED) is 0.780. The fourth-order valence-electron chi connectivity index (χ4n) is 1.61. The summed E-state index contributed by atoms with van der Waals surface area (Å²) in [6.07, 6.45) is 3.02. The van der Waals surface area contributed by atoms with E-state index in [1.165, 1.54) is 0 Å². The van der Waals surface area contributed by atoms with Crippen molar-refractivity contribution in [1.82, 2.24) is 9.78 Å². The van der Waals surface area contributed by atoms with Gasteiger partial charge in [-0.15, -0.1) is 0 Å². The second-order valence-electron chi connectivity index (χ2n) is 3.66. The van der Waals surface area contributed by atoms with Crippen LogP contribution in [0.1, 0.15) is 6.42 Å². The summed E-state index contributed by atoms with van der Waals surface area (Å²) in [6.45, 7) is 3.11. The zero-order valence-corrected chi connectivity index (χ0v) is 8.98. The molecule has 0 saturated carbocycles. The zero-order chi connectivity index (χ0) is 10.5. The van der Waals surface area contributed by atoms with Crippen LogP contribution in [0.25, 0.3) is 0 Å². The van der Waals surface area contributed by atoms with Gasteiger partial charge in [0.05, 0.1) is 25.8 Å². The van der Waals surface area contributed by atoms with Crippen LogP contribution in [-0.2, 0) is 16.0 Å². The van der Waals surface area contributed by atoms with E-state index in [0.717, 1.165) is 32.0 Å². The number of hydrogen-bond acceptors (Lipinski definition) is 4. The van der Waals surface area contributed by atoms with E-state index < -0.39 is 0 Å². The smallest absolute Gasteiger partial charge is 0.148 e. The third-order valence-corrected chi connectivity index (χ3v) is 2.45. The zero-order valence-electron chi connectivity index (χ0n) is 8.98. The molecule has 1 saturated heterocycles. The molecule has 1 aromatic rings. The number of ether oxygens (including phenoxy) is 2. The van der Waals surface area contributed by atoms with Crippen molar-refractivity contribution in [3.8, 4) is 0 Å². The molecule has 1 aromatic heterocycles. The molecular formula is C10H17N3O2. The van der Waals surface area contributed by atoms with Crippen LogP contribution in [0.3, 0.4) is 0 Å². The van der Waals surface area contributed by atoms with Crippen LogP contribution in [-0.4, -0.2) is 42.8 Å². The van der Waals surface area contributed by atoms with Crippen LogP contribution in [0.5, 0.6) is 0 Å². The summed E-state index contributed by atoms with van der Waals surface area (Å²) in [4.78, 5) is 0. The maximum Gasteiger partial charge on any atom is 0.148 e. The van der Waals surface area contributed by atoms with Crippen molar-refractivity contribution in [2.75, 3.05) is 32.2 Å². The van der Waals surface area contributed by atoms with Gasteiger partial charge in [-0.2, -0.15) is 5.10 Å². The maximum absolute atomic E-state index is 5.28. The summed E-state index contributed by atoms with van der Waals surface area (Å²) in [5.41, 5.74) is 0. The maximum atomic E-state index is 5.28. The molecule has 0 aliphatic carbocycles. The predicted molar refractivity (Wildman–Crippen MR) is 56.9 cm³/mol. The fourth-order valence-corrected chi connectivity index (χ4v) is 1.61. The van der Waals surface area contributed by atoms with E-state index in [2.05, 4.69) is 10.4 Å². The molecule has 0 amide bonds. The molecule has 1 aliphatic heterocycles. The van der Waals surface area contributed by atoms with E-state index in [4.69, 9.17) is 9.47 Å². The third kappa shape index (κ3) is 2.94.